The number of hydrogen-bond acceptors (Lipinski definition) is 3. The van der Waals surface area contributed by atoms with E-state index >= 15 is 0 Å². The fourth-order valence-electron chi connectivity index (χ4n) is 1.64. The average Bonchev–Trinajstić information content (AvgIpc) is 2.30. The summed E-state index contributed by atoms with van der Waals surface area (Å²) in [4.78, 5) is 10.9. The molecule has 1 fully saturated rings. The maximum Gasteiger partial charge on any atom is 0.248 e. The van der Waals surface area contributed by atoms with Gasteiger partial charge in [0.1, 0.15) is 0 Å². The van der Waals surface area contributed by atoms with E-state index in [1.54, 1.807) is 12.1 Å². The number of rotatable bonds is 2. The Bertz CT molecular complexity index is 344. The Morgan fingerprint density at radius 1 is 1.40 bits per heavy atom. The van der Waals surface area contributed by atoms with Gasteiger partial charge >= 0.3 is 0 Å². The van der Waals surface area contributed by atoms with Gasteiger partial charge in [-0.2, -0.15) is 11.8 Å². The molecule has 1 aromatic rings. The number of carbonyl (C=O) groups is 1. The van der Waals surface area contributed by atoms with Crippen LogP contribution >= 0.6 is 11.8 Å². The van der Waals surface area contributed by atoms with Gasteiger partial charge in [-0.05, 0) is 17.7 Å². The zero-order valence-corrected chi connectivity index (χ0v) is 9.22. The number of carbonyl (C=O) groups excluding carboxylic acids is 1. The van der Waals surface area contributed by atoms with E-state index < -0.39 is 0 Å². The monoisotopic (exact) mass is 222 g/mol. The lowest BCUT2D eigenvalue weighted by atomic mass is 10.1. The largest absolute Gasteiger partial charge is 0.366 e. The van der Waals surface area contributed by atoms with E-state index in [0.717, 1.165) is 18.8 Å². The first-order chi connectivity index (χ1) is 7.27. The number of thioether (sulfide) groups is 1. The molecule has 4 heteroatoms. The van der Waals surface area contributed by atoms with Crippen molar-refractivity contribution in [3.63, 3.8) is 0 Å². The van der Waals surface area contributed by atoms with Crippen LogP contribution in [0.15, 0.2) is 24.3 Å². The standard InChI is InChI=1S/C11H14N2OS/c12-11(14)9-3-1-8(2-4-9)10-7-13-5-6-15-10/h1-4,10,13H,5-7H2,(H2,12,14). The first-order valence-corrected chi connectivity index (χ1v) is 6.04. The van der Waals surface area contributed by atoms with Gasteiger partial charge in [0, 0.05) is 29.7 Å². The van der Waals surface area contributed by atoms with Gasteiger partial charge in [-0.3, -0.25) is 4.79 Å². The van der Waals surface area contributed by atoms with Crippen molar-refractivity contribution in [1.29, 1.82) is 0 Å². The molecule has 1 amide bonds. The molecule has 0 saturated carbocycles. The van der Waals surface area contributed by atoms with Crippen molar-refractivity contribution in [2.75, 3.05) is 18.8 Å². The minimum absolute atomic E-state index is 0.365. The van der Waals surface area contributed by atoms with Gasteiger partial charge in [0.25, 0.3) is 0 Å². The van der Waals surface area contributed by atoms with Gasteiger partial charge < -0.3 is 11.1 Å². The van der Waals surface area contributed by atoms with Crippen molar-refractivity contribution in [3.05, 3.63) is 35.4 Å². The topological polar surface area (TPSA) is 55.1 Å². The summed E-state index contributed by atoms with van der Waals surface area (Å²) < 4.78 is 0. The Kier molecular flexibility index (Phi) is 3.28. The zero-order valence-electron chi connectivity index (χ0n) is 8.40. The molecule has 2 rings (SSSR count). The average molecular weight is 222 g/mol. The molecule has 0 spiro atoms. The first kappa shape index (κ1) is 10.5. The smallest absolute Gasteiger partial charge is 0.248 e. The third-order valence-electron chi connectivity index (χ3n) is 2.49. The van der Waals surface area contributed by atoms with E-state index in [0.29, 0.717) is 10.8 Å². The number of nitrogens with two attached hydrogens (primary N) is 1. The highest BCUT2D eigenvalue weighted by atomic mass is 32.2. The predicted molar refractivity (Wildman–Crippen MR) is 63.0 cm³/mol. The van der Waals surface area contributed by atoms with Gasteiger partial charge in [0.05, 0.1) is 0 Å². The molecule has 1 heterocycles. The molecule has 0 aromatic heterocycles. The van der Waals surface area contributed by atoms with E-state index in [1.807, 2.05) is 23.9 Å². The molecule has 0 bridgehead atoms. The number of primary amides is 1. The Morgan fingerprint density at radius 3 is 2.67 bits per heavy atom. The van der Waals surface area contributed by atoms with Crippen molar-refractivity contribution in [2.24, 2.45) is 5.73 Å². The number of benzene rings is 1. The van der Waals surface area contributed by atoms with Crippen LogP contribution in [-0.2, 0) is 0 Å². The molecular weight excluding hydrogens is 208 g/mol. The fraction of sp³-hybridized carbons (Fsp3) is 0.364. The summed E-state index contributed by atoms with van der Waals surface area (Å²) in [7, 11) is 0. The molecule has 1 aromatic carbocycles. The van der Waals surface area contributed by atoms with Crippen LogP contribution in [0.4, 0.5) is 0 Å². The maximum absolute atomic E-state index is 10.9. The summed E-state index contributed by atoms with van der Waals surface area (Å²) in [5.74, 6) is 0.776. The molecule has 0 radical (unpaired) electrons. The van der Waals surface area contributed by atoms with Crippen LogP contribution in [0.3, 0.4) is 0 Å². The summed E-state index contributed by atoms with van der Waals surface area (Å²) in [6, 6.07) is 7.58. The van der Waals surface area contributed by atoms with Gasteiger partial charge in [-0.15, -0.1) is 0 Å². The molecule has 1 aliphatic heterocycles. The van der Waals surface area contributed by atoms with Crippen LogP contribution in [0.2, 0.25) is 0 Å². The fourth-order valence-corrected chi connectivity index (χ4v) is 2.77. The molecule has 0 aliphatic carbocycles. The first-order valence-electron chi connectivity index (χ1n) is 4.99. The van der Waals surface area contributed by atoms with Crippen molar-refractivity contribution < 1.29 is 4.79 Å². The second-order valence-electron chi connectivity index (χ2n) is 3.55. The summed E-state index contributed by atoms with van der Waals surface area (Å²) >= 11 is 1.95. The summed E-state index contributed by atoms with van der Waals surface area (Å²) in [5.41, 5.74) is 7.02. The second-order valence-corrected chi connectivity index (χ2v) is 4.86. The molecule has 1 aliphatic rings. The van der Waals surface area contributed by atoms with E-state index in [-0.39, 0.29) is 5.91 Å². The van der Waals surface area contributed by atoms with E-state index in [2.05, 4.69) is 5.32 Å². The van der Waals surface area contributed by atoms with E-state index in [1.165, 1.54) is 5.56 Å². The Labute approximate surface area is 93.4 Å². The van der Waals surface area contributed by atoms with Gasteiger partial charge in [-0.25, -0.2) is 0 Å². The minimum atomic E-state index is -0.365. The number of hydrogen-bond donors (Lipinski definition) is 2. The molecular formula is C11H14N2OS. The summed E-state index contributed by atoms with van der Waals surface area (Å²) in [5, 5.41) is 3.86. The lowest BCUT2D eigenvalue weighted by Crippen LogP contribution is -2.28. The van der Waals surface area contributed by atoms with Crippen LogP contribution in [0.5, 0.6) is 0 Å². The van der Waals surface area contributed by atoms with Crippen molar-refractivity contribution in [1.82, 2.24) is 5.32 Å². The van der Waals surface area contributed by atoms with Crippen molar-refractivity contribution in [2.45, 2.75) is 5.25 Å². The van der Waals surface area contributed by atoms with Crippen LogP contribution in [0.1, 0.15) is 21.2 Å². The summed E-state index contributed by atoms with van der Waals surface area (Å²) in [6.07, 6.45) is 0. The highest BCUT2D eigenvalue weighted by molar-refractivity contribution is 7.99. The lowest BCUT2D eigenvalue weighted by molar-refractivity contribution is 0.100. The normalized spacial score (nSPS) is 21.2. The van der Waals surface area contributed by atoms with Crippen LogP contribution in [0, 0.1) is 0 Å². The summed E-state index contributed by atoms with van der Waals surface area (Å²) in [6.45, 7) is 2.08. The van der Waals surface area contributed by atoms with Crippen LogP contribution in [-0.4, -0.2) is 24.7 Å². The lowest BCUT2D eigenvalue weighted by Gasteiger charge is -2.22. The minimum Gasteiger partial charge on any atom is -0.366 e. The molecule has 1 saturated heterocycles. The Balaban J connectivity index is 2.11. The van der Waals surface area contributed by atoms with E-state index in [9.17, 15) is 4.79 Å². The van der Waals surface area contributed by atoms with Gasteiger partial charge in [0.15, 0.2) is 0 Å². The maximum atomic E-state index is 10.9. The molecule has 3 nitrogen and oxygen atoms in total. The van der Waals surface area contributed by atoms with Crippen molar-refractivity contribution in [3.8, 4) is 0 Å². The molecule has 1 unspecified atom stereocenters. The Morgan fingerprint density at radius 2 is 2.13 bits per heavy atom. The van der Waals surface area contributed by atoms with Crippen LogP contribution in [0.25, 0.3) is 0 Å². The van der Waals surface area contributed by atoms with Gasteiger partial charge in [0.2, 0.25) is 5.91 Å². The molecule has 80 valence electrons. The highest BCUT2D eigenvalue weighted by Gasteiger charge is 2.15. The molecule has 3 N–H and O–H groups in total. The highest BCUT2D eigenvalue weighted by Crippen LogP contribution is 2.29. The third kappa shape index (κ3) is 2.52. The quantitative estimate of drug-likeness (QED) is 0.789. The van der Waals surface area contributed by atoms with E-state index in [4.69, 9.17) is 5.73 Å². The second kappa shape index (κ2) is 4.68. The number of nitrogens with one attached hydrogen (secondary N) is 1. The van der Waals surface area contributed by atoms with Gasteiger partial charge in [-0.1, -0.05) is 12.1 Å². The third-order valence-corrected chi connectivity index (χ3v) is 3.78. The van der Waals surface area contributed by atoms with Crippen molar-refractivity contribution >= 4 is 17.7 Å². The Hall–Kier alpha value is -1.00. The molecule has 1 atom stereocenters. The predicted octanol–water partition coefficient (Wildman–Crippen LogP) is 1.16. The molecule has 15 heavy (non-hydrogen) atoms. The van der Waals surface area contributed by atoms with Crippen LogP contribution < -0.4 is 11.1 Å². The number of amides is 1. The zero-order chi connectivity index (χ0) is 10.7. The SMILES string of the molecule is NC(=O)c1ccc(C2CNCCS2)cc1.